The van der Waals surface area contributed by atoms with E-state index in [1.807, 2.05) is 41.3 Å². The van der Waals surface area contributed by atoms with Crippen LogP contribution in [0.4, 0.5) is 5.69 Å². The second-order valence-electron chi connectivity index (χ2n) is 6.86. The lowest BCUT2D eigenvalue weighted by Gasteiger charge is -2.27. The topological polar surface area (TPSA) is 53.5 Å². The normalized spacial score (nSPS) is 22.9. The molecule has 1 aromatic heterocycles. The van der Waals surface area contributed by atoms with Crippen LogP contribution in [0.2, 0.25) is 0 Å². The van der Waals surface area contributed by atoms with Crippen LogP contribution >= 0.6 is 15.9 Å². The van der Waals surface area contributed by atoms with Gasteiger partial charge >= 0.3 is 0 Å². The van der Waals surface area contributed by atoms with Gasteiger partial charge in [0.05, 0.1) is 12.0 Å². The van der Waals surface area contributed by atoms with E-state index >= 15 is 0 Å². The first-order valence-corrected chi connectivity index (χ1v) is 9.69. The Labute approximate surface area is 161 Å². The standard InChI is InChI=1S/C20H20BrN3O2/c21-16-3-1-4-17(12-16)24-13-15(11-19(24)25)20(26)23-10-2-5-18(23)14-6-8-22-9-7-14/h1,3-4,6-9,12,15,18H,2,5,10-11,13H2/t15-,18-/m1/s1. The van der Waals surface area contributed by atoms with E-state index in [-0.39, 0.29) is 30.2 Å². The smallest absolute Gasteiger partial charge is 0.228 e. The van der Waals surface area contributed by atoms with E-state index < -0.39 is 0 Å². The summed E-state index contributed by atoms with van der Waals surface area (Å²) >= 11 is 3.44. The van der Waals surface area contributed by atoms with E-state index in [9.17, 15) is 9.59 Å². The van der Waals surface area contributed by atoms with E-state index in [0.717, 1.165) is 35.1 Å². The average Bonchev–Trinajstić information content (AvgIpc) is 3.29. The van der Waals surface area contributed by atoms with Gasteiger partial charge in [-0.25, -0.2) is 0 Å². The fourth-order valence-electron chi connectivity index (χ4n) is 3.96. The Morgan fingerprint density at radius 1 is 1.19 bits per heavy atom. The molecule has 3 heterocycles. The predicted molar refractivity (Wildman–Crippen MR) is 103 cm³/mol. The van der Waals surface area contributed by atoms with Gasteiger partial charge in [0.2, 0.25) is 11.8 Å². The van der Waals surface area contributed by atoms with Gasteiger partial charge in [-0.3, -0.25) is 14.6 Å². The zero-order valence-corrected chi connectivity index (χ0v) is 15.9. The van der Waals surface area contributed by atoms with Crippen molar-refractivity contribution in [3.8, 4) is 0 Å². The Bertz CT molecular complexity index is 827. The second-order valence-corrected chi connectivity index (χ2v) is 7.77. The molecule has 2 fully saturated rings. The monoisotopic (exact) mass is 413 g/mol. The maximum Gasteiger partial charge on any atom is 0.228 e. The van der Waals surface area contributed by atoms with Gasteiger partial charge < -0.3 is 9.80 Å². The molecule has 134 valence electrons. The number of carbonyl (C=O) groups excluding carboxylic acids is 2. The average molecular weight is 414 g/mol. The highest BCUT2D eigenvalue weighted by molar-refractivity contribution is 9.10. The Balaban J connectivity index is 1.51. The van der Waals surface area contributed by atoms with Crippen LogP contribution in [0.15, 0.2) is 53.3 Å². The molecule has 2 aromatic rings. The molecule has 2 saturated heterocycles. The number of pyridine rings is 1. The molecule has 0 N–H and O–H groups in total. The number of likely N-dealkylation sites (tertiary alicyclic amines) is 1. The summed E-state index contributed by atoms with van der Waals surface area (Å²) in [6, 6.07) is 11.7. The molecule has 2 aliphatic heterocycles. The van der Waals surface area contributed by atoms with E-state index in [1.54, 1.807) is 17.3 Å². The van der Waals surface area contributed by atoms with Crippen molar-refractivity contribution < 1.29 is 9.59 Å². The van der Waals surface area contributed by atoms with Gasteiger partial charge in [0.15, 0.2) is 0 Å². The summed E-state index contributed by atoms with van der Waals surface area (Å²) in [5.41, 5.74) is 1.96. The third kappa shape index (κ3) is 3.26. The van der Waals surface area contributed by atoms with Gasteiger partial charge in [-0.2, -0.15) is 0 Å². The van der Waals surface area contributed by atoms with Crippen LogP contribution in [-0.2, 0) is 9.59 Å². The number of nitrogens with zero attached hydrogens (tertiary/aromatic N) is 3. The van der Waals surface area contributed by atoms with Crippen molar-refractivity contribution in [3.05, 3.63) is 58.8 Å². The van der Waals surface area contributed by atoms with Gasteiger partial charge in [-0.05, 0) is 48.7 Å². The number of halogens is 1. The van der Waals surface area contributed by atoms with Crippen molar-refractivity contribution in [2.75, 3.05) is 18.0 Å². The molecule has 0 saturated carbocycles. The number of aromatic nitrogens is 1. The lowest BCUT2D eigenvalue weighted by Crippen LogP contribution is -2.37. The fraction of sp³-hybridized carbons (Fsp3) is 0.350. The Morgan fingerprint density at radius 2 is 2.00 bits per heavy atom. The number of rotatable bonds is 3. The maximum atomic E-state index is 13.1. The van der Waals surface area contributed by atoms with Crippen molar-refractivity contribution in [3.63, 3.8) is 0 Å². The van der Waals surface area contributed by atoms with Crippen molar-refractivity contribution in [1.29, 1.82) is 0 Å². The molecule has 2 atom stereocenters. The molecule has 0 aliphatic carbocycles. The van der Waals surface area contributed by atoms with Crippen molar-refractivity contribution >= 4 is 33.4 Å². The molecule has 0 spiro atoms. The Kier molecular flexibility index (Phi) is 4.76. The highest BCUT2D eigenvalue weighted by Gasteiger charge is 2.40. The summed E-state index contributed by atoms with van der Waals surface area (Å²) in [6.07, 6.45) is 5.78. The Hall–Kier alpha value is -2.21. The van der Waals surface area contributed by atoms with E-state index in [2.05, 4.69) is 20.9 Å². The van der Waals surface area contributed by atoms with Crippen LogP contribution in [0, 0.1) is 5.92 Å². The first kappa shape index (κ1) is 17.2. The minimum Gasteiger partial charge on any atom is -0.335 e. The quantitative estimate of drug-likeness (QED) is 0.772. The molecule has 0 radical (unpaired) electrons. The zero-order chi connectivity index (χ0) is 18.1. The van der Waals surface area contributed by atoms with Crippen LogP contribution in [0.3, 0.4) is 0 Å². The van der Waals surface area contributed by atoms with Crippen molar-refractivity contribution in [1.82, 2.24) is 9.88 Å². The molecule has 1 aromatic carbocycles. The van der Waals surface area contributed by atoms with E-state index in [4.69, 9.17) is 0 Å². The SMILES string of the molecule is O=C1C[C@@H](C(=O)N2CCC[C@@H]2c2ccncc2)CN1c1cccc(Br)c1. The predicted octanol–water partition coefficient (Wildman–Crippen LogP) is 3.56. The number of benzene rings is 1. The highest BCUT2D eigenvalue weighted by Crippen LogP contribution is 2.35. The third-order valence-electron chi connectivity index (χ3n) is 5.22. The summed E-state index contributed by atoms with van der Waals surface area (Å²) in [4.78, 5) is 33.4. The molecule has 2 aliphatic rings. The molecule has 26 heavy (non-hydrogen) atoms. The molecular weight excluding hydrogens is 394 g/mol. The summed E-state index contributed by atoms with van der Waals surface area (Å²) in [7, 11) is 0. The largest absolute Gasteiger partial charge is 0.335 e. The molecule has 2 amide bonds. The first-order valence-electron chi connectivity index (χ1n) is 8.90. The van der Waals surface area contributed by atoms with E-state index in [1.165, 1.54) is 0 Å². The number of carbonyl (C=O) groups is 2. The van der Waals surface area contributed by atoms with Gasteiger partial charge in [0, 0.05) is 42.1 Å². The van der Waals surface area contributed by atoms with Crippen molar-refractivity contribution in [2.24, 2.45) is 5.92 Å². The molecule has 0 unspecified atom stereocenters. The minimum absolute atomic E-state index is 0.0149. The summed E-state index contributed by atoms with van der Waals surface area (Å²) in [6.45, 7) is 1.21. The highest BCUT2D eigenvalue weighted by atomic mass is 79.9. The van der Waals surface area contributed by atoms with Gasteiger partial charge in [-0.1, -0.05) is 22.0 Å². The van der Waals surface area contributed by atoms with Gasteiger partial charge in [0.25, 0.3) is 0 Å². The van der Waals surface area contributed by atoms with Crippen molar-refractivity contribution in [2.45, 2.75) is 25.3 Å². The Morgan fingerprint density at radius 3 is 2.77 bits per heavy atom. The summed E-state index contributed by atoms with van der Waals surface area (Å²) in [5.74, 6) is -0.166. The number of anilines is 1. The third-order valence-corrected chi connectivity index (χ3v) is 5.71. The fourth-order valence-corrected chi connectivity index (χ4v) is 4.35. The molecule has 0 bridgehead atoms. The first-order chi connectivity index (χ1) is 12.6. The zero-order valence-electron chi connectivity index (χ0n) is 14.3. The molecule has 4 rings (SSSR count). The van der Waals surface area contributed by atoms with Gasteiger partial charge in [0.1, 0.15) is 0 Å². The maximum absolute atomic E-state index is 13.1. The van der Waals surface area contributed by atoms with Crippen LogP contribution in [0.5, 0.6) is 0 Å². The lowest BCUT2D eigenvalue weighted by atomic mass is 10.0. The van der Waals surface area contributed by atoms with Crippen LogP contribution < -0.4 is 4.90 Å². The second kappa shape index (κ2) is 7.19. The van der Waals surface area contributed by atoms with Crippen LogP contribution in [0.25, 0.3) is 0 Å². The van der Waals surface area contributed by atoms with E-state index in [0.29, 0.717) is 6.54 Å². The molecule has 5 nitrogen and oxygen atoms in total. The number of hydrogen-bond donors (Lipinski definition) is 0. The van der Waals surface area contributed by atoms with Crippen LogP contribution in [0.1, 0.15) is 30.9 Å². The summed E-state index contributed by atoms with van der Waals surface area (Å²) < 4.78 is 0.926. The van der Waals surface area contributed by atoms with Gasteiger partial charge in [-0.15, -0.1) is 0 Å². The molecular formula is C20H20BrN3O2. The number of hydrogen-bond acceptors (Lipinski definition) is 3. The molecule has 6 heteroatoms. The number of amides is 2. The summed E-state index contributed by atoms with van der Waals surface area (Å²) in [5, 5.41) is 0. The lowest BCUT2D eigenvalue weighted by molar-refractivity contribution is -0.136. The van der Waals surface area contributed by atoms with Crippen LogP contribution in [-0.4, -0.2) is 34.8 Å². The minimum atomic E-state index is -0.274.